The number of rotatable bonds is 6. The van der Waals surface area contributed by atoms with Gasteiger partial charge in [0.1, 0.15) is 0 Å². The molecule has 0 fully saturated rings. The molecule has 0 heterocycles. The molecule has 0 saturated heterocycles. The fourth-order valence-electron chi connectivity index (χ4n) is 1.55. The average Bonchev–Trinajstić information content (AvgIpc) is 2.28. The highest BCUT2D eigenvalue weighted by molar-refractivity contribution is 7.99. The summed E-state index contributed by atoms with van der Waals surface area (Å²) in [6.07, 6.45) is 2.92. The van der Waals surface area contributed by atoms with Gasteiger partial charge < -0.3 is 5.32 Å². The zero-order chi connectivity index (χ0) is 11.1. The normalized spacial score (nSPS) is 12.4. The van der Waals surface area contributed by atoms with Crippen molar-refractivity contribution in [2.45, 2.75) is 24.3 Å². The lowest BCUT2D eigenvalue weighted by Crippen LogP contribution is -2.15. The molecule has 1 unspecified atom stereocenters. The van der Waals surface area contributed by atoms with Crippen molar-refractivity contribution in [1.29, 1.82) is 0 Å². The fourth-order valence-corrected chi connectivity index (χ4v) is 2.21. The van der Waals surface area contributed by atoms with E-state index in [1.807, 2.05) is 24.9 Å². The monoisotopic (exact) mass is 221 g/mol. The Morgan fingerprint density at radius 3 is 2.53 bits per heavy atom. The van der Waals surface area contributed by atoms with Crippen LogP contribution in [0, 0.1) is 0 Å². The summed E-state index contributed by atoms with van der Waals surface area (Å²) in [5.41, 5.74) is 1.33. The predicted octanol–water partition coefficient (Wildman–Crippen LogP) is 3.64. The van der Waals surface area contributed by atoms with Crippen molar-refractivity contribution < 1.29 is 0 Å². The predicted molar refractivity (Wildman–Crippen MR) is 69.5 cm³/mol. The van der Waals surface area contributed by atoms with Gasteiger partial charge in [0.15, 0.2) is 0 Å². The molecular formula is C13H19NS. The molecule has 0 aliphatic carbocycles. The van der Waals surface area contributed by atoms with Gasteiger partial charge in [-0.1, -0.05) is 25.1 Å². The quantitative estimate of drug-likeness (QED) is 0.581. The van der Waals surface area contributed by atoms with E-state index in [-0.39, 0.29) is 0 Å². The first-order chi connectivity index (χ1) is 7.31. The molecule has 0 spiro atoms. The van der Waals surface area contributed by atoms with Crippen LogP contribution >= 0.6 is 11.8 Å². The van der Waals surface area contributed by atoms with E-state index in [1.54, 1.807) is 0 Å². The Labute approximate surface area is 97.0 Å². The van der Waals surface area contributed by atoms with Gasteiger partial charge in [0.2, 0.25) is 0 Å². The molecule has 0 radical (unpaired) electrons. The third kappa shape index (κ3) is 3.73. The summed E-state index contributed by atoms with van der Waals surface area (Å²) in [5.74, 6) is 1.13. The molecule has 0 bridgehead atoms. The van der Waals surface area contributed by atoms with Gasteiger partial charge >= 0.3 is 0 Å². The second-order valence-electron chi connectivity index (χ2n) is 3.37. The summed E-state index contributed by atoms with van der Waals surface area (Å²) in [7, 11) is 1.99. The van der Waals surface area contributed by atoms with Gasteiger partial charge in [-0.2, -0.15) is 0 Å². The standard InChI is InChI=1S/C13H19NS/c1-4-6-13(14-3)11-7-9-12(10-8-11)15-5-2/h4,7-10,13-14H,1,5-6H2,2-3H3. The van der Waals surface area contributed by atoms with Crippen molar-refractivity contribution in [3.05, 3.63) is 42.5 Å². The highest BCUT2D eigenvalue weighted by Gasteiger charge is 2.06. The molecule has 1 aromatic rings. The number of hydrogen-bond donors (Lipinski definition) is 1. The molecule has 0 aliphatic rings. The number of nitrogens with one attached hydrogen (secondary N) is 1. The maximum Gasteiger partial charge on any atom is 0.0352 e. The Morgan fingerprint density at radius 2 is 2.07 bits per heavy atom. The Hall–Kier alpha value is -0.730. The van der Waals surface area contributed by atoms with Crippen LogP contribution in [0.4, 0.5) is 0 Å². The molecule has 0 saturated carbocycles. The van der Waals surface area contributed by atoms with Gasteiger partial charge in [-0.25, -0.2) is 0 Å². The van der Waals surface area contributed by atoms with E-state index >= 15 is 0 Å². The molecule has 1 aromatic carbocycles. The molecule has 1 rings (SSSR count). The zero-order valence-corrected chi connectivity index (χ0v) is 10.3. The fraction of sp³-hybridized carbons (Fsp3) is 0.385. The van der Waals surface area contributed by atoms with Gasteiger partial charge in [0.25, 0.3) is 0 Å². The lowest BCUT2D eigenvalue weighted by molar-refractivity contribution is 0.603. The van der Waals surface area contributed by atoms with Gasteiger partial charge in [-0.3, -0.25) is 0 Å². The van der Waals surface area contributed by atoms with Crippen molar-refractivity contribution in [3.63, 3.8) is 0 Å². The van der Waals surface area contributed by atoms with Crippen LogP contribution in [0.2, 0.25) is 0 Å². The van der Waals surface area contributed by atoms with Gasteiger partial charge in [-0.15, -0.1) is 18.3 Å². The zero-order valence-electron chi connectivity index (χ0n) is 9.49. The van der Waals surface area contributed by atoms with Crippen LogP contribution in [0.3, 0.4) is 0 Å². The minimum atomic E-state index is 0.392. The van der Waals surface area contributed by atoms with Gasteiger partial charge in [-0.05, 0) is 36.9 Å². The van der Waals surface area contributed by atoms with Crippen molar-refractivity contribution in [1.82, 2.24) is 5.32 Å². The molecule has 0 amide bonds. The average molecular weight is 221 g/mol. The van der Waals surface area contributed by atoms with Crippen molar-refractivity contribution in [2.24, 2.45) is 0 Å². The van der Waals surface area contributed by atoms with Gasteiger partial charge in [0, 0.05) is 10.9 Å². The second kappa shape index (κ2) is 6.70. The minimum Gasteiger partial charge on any atom is -0.313 e. The highest BCUT2D eigenvalue weighted by atomic mass is 32.2. The van der Waals surface area contributed by atoms with E-state index in [1.165, 1.54) is 10.5 Å². The topological polar surface area (TPSA) is 12.0 Å². The Balaban J connectivity index is 2.72. The molecule has 2 heteroatoms. The summed E-state index contributed by atoms with van der Waals surface area (Å²) >= 11 is 1.88. The van der Waals surface area contributed by atoms with E-state index < -0.39 is 0 Å². The van der Waals surface area contributed by atoms with Crippen LogP contribution in [-0.4, -0.2) is 12.8 Å². The summed E-state index contributed by atoms with van der Waals surface area (Å²) in [6.45, 7) is 5.95. The lowest BCUT2D eigenvalue weighted by atomic mass is 10.0. The third-order valence-electron chi connectivity index (χ3n) is 2.34. The van der Waals surface area contributed by atoms with Gasteiger partial charge in [0.05, 0.1) is 0 Å². The SMILES string of the molecule is C=CCC(NC)c1ccc(SCC)cc1. The first-order valence-electron chi connectivity index (χ1n) is 5.32. The van der Waals surface area contributed by atoms with Crippen LogP contribution in [-0.2, 0) is 0 Å². The second-order valence-corrected chi connectivity index (χ2v) is 4.71. The number of benzene rings is 1. The summed E-state index contributed by atoms with van der Waals surface area (Å²) in [5, 5.41) is 3.29. The molecule has 82 valence electrons. The third-order valence-corrected chi connectivity index (χ3v) is 3.24. The molecule has 1 nitrogen and oxygen atoms in total. The first kappa shape index (κ1) is 12.3. The maximum absolute atomic E-state index is 3.78. The molecule has 15 heavy (non-hydrogen) atoms. The molecular weight excluding hydrogens is 202 g/mol. The Kier molecular flexibility index (Phi) is 5.51. The van der Waals surface area contributed by atoms with Crippen molar-refractivity contribution >= 4 is 11.8 Å². The summed E-state index contributed by atoms with van der Waals surface area (Å²) < 4.78 is 0. The van der Waals surface area contributed by atoms with Crippen molar-refractivity contribution in [2.75, 3.05) is 12.8 Å². The van der Waals surface area contributed by atoms with Crippen LogP contribution in [0.25, 0.3) is 0 Å². The van der Waals surface area contributed by atoms with E-state index in [2.05, 4.69) is 43.1 Å². The number of hydrogen-bond acceptors (Lipinski definition) is 2. The van der Waals surface area contributed by atoms with Crippen LogP contribution < -0.4 is 5.32 Å². The molecule has 1 atom stereocenters. The van der Waals surface area contributed by atoms with E-state index in [9.17, 15) is 0 Å². The first-order valence-corrected chi connectivity index (χ1v) is 6.31. The van der Waals surface area contributed by atoms with Crippen LogP contribution in [0.1, 0.15) is 24.9 Å². The maximum atomic E-state index is 3.78. The van der Waals surface area contributed by atoms with Crippen LogP contribution in [0.15, 0.2) is 41.8 Å². The smallest absolute Gasteiger partial charge is 0.0352 e. The Bertz CT molecular complexity index is 292. The summed E-state index contributed by atoms with van der Waals surface area (Å²) in [6, 6.07) is 9.17. The molecule has 0 aliphatic heterocycles. The van der Waals surface area contributed by atoms with E-state index in [4.69, 9.17) is 0 Å². The molecule has 1 N–H and O–H groups in total. The van der Waals surface area contributed by atoms with E-state index in [0.717, 1.165) is 12.2 Å². The van der Waals surface area contributed by atoms with E-state index in [0.29, 0.717) is 6.04 Å². The van der Waals surface area contributed by atoms with Crippen LogP contribution in [0.5, 0.6) is 0 Å². The Morgan fingerprint density at radius 1 is 1.40 bits per heavy atom. The largest absolute Gasteiger partial charge is 0.313 e. The molecule has 0 aromatic heterocycles. The van der Waals surface area contributed by atoms with Crippen molar-refractivity contribution in [3.8, 4) is 0 Å². The minimum absolute atomic E-state index is 0.392. The summed E-state index contributed by atoms with van der Waals surface area (Å²) in [4.78, 5) is 1.34. The lowest BCUT2D eigenvalue weighted by Gasteiger charge is -2.14. The highest BCUT2D eigenvalue weighted by Crippen LogP contribution is 2.22. The number of thioether (sulfide) groups is 1.